The Morgan fingerprint density at radius 2 is 1.98 bits per heavy atom. The quantitative estimate of drug-likeness (QED) is 0.362. The third kappa shape index (κ3) is 3.75. The van der Waals surface area contributed by atoms with E-state index in [0.29, 0.717) is 17.9 Å². The van der Waals surface area contributed by atoms with E-state index in [2.05, 4.69) is 30.5 Å². The van der Waals surface area contributed by atoms with Gasteiger partial charge in [0, 0.05) is 23.4 Å². The summed E-state index contributed by atoms with van der Waals surface area (Å²) in [4.78, 5) is 26.2. The minimum absolute atomic E-state index is 0.0853. The highest BCUT2D eigenvalue weighted by molar-refractivity contribution is 6.52. The van der Waals surface area contributed by atoms with Crippen molar-refractivity contribution in [2.75, 3.05) is 0 Å². The molecule has 0 unspecified atom stereocenters. The Bertz CT molecular complexity index is 1680. The fraction of sp³-hybridized carbons (Fsp3) is 0.250. The second kappa shape index (κ2) is 9.38. The molecule has 6 radical (unpaired) electrons. The molecule has 2 aliphatic rings. The Balaban J connectivity index is 1.43. The maximum absolute atomic E-state index is 15.6. The number of nitrogens with zero attached hydrogens (tertiary/aromatic N) is 7. The fourth-order valence-corrected chi connectivity index (χ4v) is 5.59. The van der Waals surface area contributed by atoms with Gasteiger partial charge in [-0.15, -0.1) is 5.10 Å². The lowest BCUT2D eigenvalue weighted by Gasteiger charge is -2.54. The van der Waals surface area contributed by atoms with Crippen molar-refractivity contribution in [3.63, 3.8) is 0 Å². The molecule has 2 N–H and O–H groups in total. The van der Waals surface area contributed by atoms with E-state index in [4.69, 9.17) is 35.1 Å². The van der Waals surface area contributed by atoms with Crippen molar-refractivity contribution in [2.24, 2.45) is 0 Å². The summed E-state index contributed by atoms with van der Waals surface area (Å²) in [5.74, 6) is -1.86. The molecule has 2 aliphatic heterocycles. The predicted octanol–water partition coefficient (Wildman–Crippen LogP) is 1.95. The second-order valence-corrected chi connectivity index (χ2v) is 9.99. The first-order valence-electron chi connectivity index (χ1n) is 12.0. The molecule has 0 bridgehead atoms. The zero-order chi connectivity index (χ0) is 28.4. The molecule has 10 nitrogen and oxygen atoms in total. The van der Waals surface area contributed by atoms with Crippen LogP contribution in [0.4, 0.5) is 8.78 Å². The normalized spacial score (nSPS) is 21.9. The molecule has 40 heavy (non-hydrogen) atoms. The number of aromatic nitrogens is 7. The van der Waals surface area contributed by atoms with Gasteiger partial charge in [0.05, 0.1) is 50.9 Å². The van der Waals surface area contributed by atoms with Crippen LogP contribution in [0.1, 0.15) is 36.0 Å². The predicted molar refractivity (Wildman–Crippen MR) is 141 cm³/mol. The van der Waals surface area contributed by atoms with Crippen molar-refractivity contribution in [3.05, 3.63) is 76.7 Å². The van der Waals surface area contributed by atoms with Gasteiger partial charge in [0.25, 0.3) is 0 Å². The summed E-state index contributed by atoms with van der Waals surface area (Å²) in [6, 6.07) is 3.51. The topological polar surface area (TPSA) is 126 Å². The minimum Gasteiger partial charge on any atom is -0.390 e. The van der Waals surface area contributed by atoms with Crippen LogP contribution in [0.25, 0.3) is 22.5 Å². The van der Waals surface area contributed by atoms with E-state index in [0.717, 1.165) is 6.08 Å². The summed E-state index contributed by atoms with van der Waals surface area (Å²) in [5.41, 5.74) is -1.46. The average Bonchev–Trinajstić information content (AvgIpc) is 3.69. The van der Waals surface area contributed by atoms with Crippen LogP contribution in [-0.2, 0) is 11.4 Å². The first kappa shape index (κ1) is 26.4. The Labute approximate surface area is 235 Å². The zero-order valence-electron chi connectivity index (χ0n) is 20.6. The van der Waals surface area contributed by atoms with Gasteiger partial charge in [-0.3, -0.25) is 9.78 Å². The molecule has 5 heterocycles. The third-order valence-electron chi connectivity index (χ3n) is 7.46. The molecular weight excluding hydrogens is 538 g/mol. The molecule has 6 rings (SSSR count). The molecule has 0 spiro atoms. The molecule has 1 amide bonds. The highest BCUT2D eigenvalue weighted by Gasteiger charge is 2.57. The van der Waals surface area contributed by atoms with Gasteiger partial charge >= 0.3 is 0 Å². The number of hydrogen-bond acceptors (Lipinski definition) is 7. The van der Waals surface area contributed by atoms with E-state index >= 15 is 4.39 Å². The Morgan fingerprint density at radius 3 is 2.70 bits per heavy atom. The largest absolute Gasteiger partial charge is 0.390 e. The van der Waals surface area contributed by atoms with Crippen LogP contribution in [-0.4, -0.2) is 80.0 Å². The van der Waals surface area contributed by atoms with Crippen molar-refractivity contribution < 1.29 is 18.7 Å². The van der Waals surface area contributed by atoms with Crippen LogP contribution in [0.5, 0.6) is 0 Å². The van der Waals surface area contributed by atoms with Crippen LogP contribution >= 0.6 is 11.6 Å². The molecule has 0 aliphatic carbocycles. The van der Waals surface area contributed by atoms with Crippen LogP contribution < -0.4 is 0 Å². The van der Waals surface area contributed by atoms with E-state index in [1.807, 2.05) is 0 Å². The second-order valence-electron chi connectivity index (χ2n) is 9.58. The summed E-state index contributed by atoms with van der Waals surface area (Å²) in [5, 5.41) is 18.1. The molecule has 1 aromatic carbocycles. The molecular formula is C24H16B3ClF2N8O2. The van der Waals surface area contributed by atoms with Gasteiger partial charge in [0.1, 0.15) is 25.7 Å². The molecule has 1 fully saturated rings. The lowest BCUT2D eigenvalue weighted by molar-refractivity contribution is -0.131. The van der Waals surface area contributed by atoms with E-state index in [1.165, 1.54) is 46.5 Å². The number of halogens is 3. The summed E-state index contributed by atoms with van der Waals surface area (Å²) in [7, 11) is 20.1. The maximum atomic E-state index is 15.6. The van der Waals surface area contributed by atoms with E-state index < -0.39 is 40.8 Å². The molecule has 194 valence electrons. The molecule has 0 saturated carbocycles. The number of tetrazole rings is 1. The number of aromatic amines is 1. The van der Waals surface area contributed by atoms with Crippen molar-refractivity contribution >= 4 is 46.6 Å². The van der Waals surface area contributed by atoms with Crippen molar-refractivity contribution in [2.45, 2.75) is 36.1 Å². The van der Waals surface area contributed by atoms with Crippen LogP contribution in [0.2, 0.25) is 10.2 Å². The standard InChI is InChI=1S/C24H16B3ClF2N8O2/c25-23-5-3-17(22-32-8-14(34-22)11-4-6-31-15(9-39)20(11)29)38(23)18(40)7-12(24(23,26)27)19-16(37-10-33-35-36-37)2-1-13(28)21(19)30/h1-2,4,6-8,10,17,39H,3,5,9H2,(H,32,34)/t17-,23+/m0/s1. The van der Waals surface area contributed by atoms with Gasteiger partial charge in [-0.05, 0) is 52.5 Å². The number of benzene rings is 1. The number of nitrogens with one attached hydrogen (secondary N) is 1. The highest BCUT2D eigenvalue weighted by atomic mass is 35.5. The monoisotopic (exact) mass is 554 g/mol. The molecule has 4 aromatic rings. The number of rotatable bonds is 5. The van der Waals surface area contributed by atoms with Gasteiger partial charge in [0.2, 0.25) is 5.91 Å². The Kier molecular flexibility index (Phi) is 6.19. The maximum Gasteiger partial charge on any atom is 0.247 e. The van der Waals surface area contributed by atoms with E-state index in [-0.39, 0.29) is 39.5 Å². The number of pyridine rings is 1. The number of H-pyrrole nitrogens is 1. The Hall–Kier alpha value is -3.84. The van der Waals surface area contributed by atoms with Gasteiger partial charge in [-0.1, -0.05) is 16.8 Å². The van der Waals surface area contributed by atoms with E-state index in [9.17, 15) is 14.3 Å². The number of fused-ring (bicyclic) bond motifs is 1. The minimum atomic E-state index is -1.97. The molecule has 3 aromatic heterocycles. The fourth-order valence-electron chi connectivity index (χ4n) is 5.43. The van der Waals surface area contributed by atoms with Gasteiger partial charge < -0.3 is 15.0 Å². The smallest absolute Gasteiger partial charge is 0.247 e. The third-order valence-corrected chi connectivity index (χ3v) is 7.75. The highest BCUT2D eigenvalue weighted by Crippen LogP contribution is 2.59. The summed E-state index contributed by atoms with van der Waals surface area (Å²) < 4.78 is 31.5. The summed E-state index contributed by atoms with van der Waals surface area (Å²) in [6.07, 6.45) is 5.55. The van der Waals surface area contributed by atoms with Gasteiger partial charge in [-0.25, -0.2) is 13.8 Å². The van der Waals surface area contributed by atoms with Crippen molar-refractivity contribution in [1.82, 2.24) is 40.1 Å². The number of carbonyl (C=O) groups is 1. The number of imidazole rings is 1. The van der Waals surface area contributed by atoms with Crippen LogP contribution in [0.15, 0.2) is 43.0 Å². The molecule has 2 atom stereocenters. The number of amides is 1. The summed E-state index contributed by atoms with van der Waals surface area (Å²) in [6.45, 7) is -0.576. The first-order chi connectivity index (χ1) is 19.1. The SMILES string of the molecule is [B]C1([B])C(c2c(-n3cnnn3)ccc(Cl)c2F)=CC(=O)N2[C@H](c3ncc(-c4ccnc(CO)c4F)[nH]3)CC[C@@]21[B]. The number of carbonyl (C=O) groups excluding carboxylic acids is 1. The lowest BCUT2D eigenvalue weighted by Crippen LogP contribution is -2.59. The van der Waals surface area contributed by atoms with Crippen LogP contribution in [0, 0.1) is 11.6 Å². The van der Waals surface area contributed by atoms with Gasteiger partial charge in [-0.2, -0.15) is 4.68 Å². The van der Waals surface area contributed by atoms with Crippen LogP contribution in [0.3, 0.4) is 0 Å². The van der Waals surface area contributed by atoms with E-state index in [1.54, 1.807) is 0 Å². The Morgan fingerprint density at radius 1 is 1.18 bits per heavy atom. The molecule has 16 heteroatoms. The number of hydrogen-bond donors (Lipinski definition) is 2. The molecule has 1 saturated heterocycles. The van der Waals surface area contributed by atoms with Crippen molar-refractivity contribution in [1.29, 1.82) is 0 Å². The van der Waals surface area contributed by atoms with Gasteiger partial charge in [0.15, 0.2) is 11.6 Å². The average molecular weight is 554 g/mol. The van der Waals surface area contributed by atoms with Crippen molar-refractivity contribution in [3.8, 4) is 16.9 Å². The summed E-state index contributed by atoms with van der Waals surface area (Å²) >= 11 is 6.10. The first-order valence-corrected chi connectivity index (χ1v) is 12.4. The zero-order valence-corrected chi connectivity index (χ0v) is 21.3. The lowest BCUT2D eigenvalue weighted by atomic mass is 9.35. The number of aliphatic hydroxyl groups excluding tert-OH is 1. The number of aliphatic hydroxyl groups is 1.